The Labute approximate surface area is 242 Å². The Morgan fingerprint density at radius 3 is 2.46 bits per heavy atom. The molecular formula is C32H42N2O7. The molecule has 0 aromatic heterocycles. The third-order valence-electron chi connectivity index (χ3n) is 7.54. The van der Waals surface area contributed by atoms with Gasteiger partial charge in [-0.1, -0.05) is 19.4 Å². The van der Waals surface area contributed by atoms with Gasteiger partial charge in [0.25, 0.3) is 11.7 Å². The fourth-order valence-electron chi connectivity index (χ4n) is 5.35. The third kappa shape index (κ3) is 7.02. The Hall–Kier alpha value is -3.56. The second-order valence-corrected chi connectivity index (χ2v) is 10.3. The highest BCUT2D eigenvalue weighted by Crippen LogP contribution is 2.42. The summed E-state index contributed by atoms with van der Waals surface area (Å²) in [6.45, 7) is 11.1. The maximum Gasteiger partial charge on any atom is 0.295 e. The number of carbonyl (C=O) groups excluding carboxylic acids is 2. The fraction of sp³-hybridized carbons (Fsp3) is 0.500. The van der Waals surface area contributed by atoms with Gasteiger partial charge in [0, 0.05) is 31.7 Å². The average molecular weight is 567 g/mol. The lowest BCUT2D eigenvalue weighted by Gasteiger charge is -2.29. The average Bonchev–Trinajstić information content (AvgIpc) is 3.23. The molecule has 0 aliphatic carbocycles. The Morgan fingerprint density at radius 1 is 1.00 bits per heavy atom. The van der Waals surface area contributed by atoms with Gasteiger partial charge in [0.2, 0.25) is 0 Å². The summed E-state index contributed by atoms with van der Waals surface area (Å²) in [5.41, 5.74) is 1.95. The van der Waals surface area contributed by atoms with Crippen molar-refractivity contribution in [3.05, 3.63) is 58.7 Å². The highest BCUT2D eigenvalue weighted by atomic mass is 16.5. The highest BCUT2D eigenvalue weighted by molar-refractivity contribution is 6.46. The number of benzene rings is 2. The number of aliphatic hydroxyl groups is 1. The quantitative estimate of drug-likeness (QED) is 0.161. The van der Waals surface area contributed by atoms with Crippen molar-refractivity contribution in [1.82, 2.24) is 9.80 Å². The van der Waals surface area contributed by atoms with E-state index in [0.717, 1.165) is 38.0 Å². The van der Waals surface area contributed by atoms with E-state index >= 15 is 0 Å². The lowest BCUT2D eigenvalue weighted by molar-refractivity contribution is -0.140. The molecule has 1 N–H and O–H groups in total. The van der Waals surface area contributed by atoms with Crippen molar-refractivity contribution in [1.29, 1.82) is 0 Å². The van der Waals surface area contributed by atoms with Crippen LogP contribution in [0.1, 0.15) is 55.8 Å². The van der Waals surface area contributed by atoms with Crippen molar-refractivity contribution < 1.29 is 33.6 Å². The van der Waals surface area contributed by atoms with Gasteiger partial charge in [-0.25, -0.2) is 0 Å². The smallest absolute Gasteiger partial charge is 0.295 e. The maximum atomic E-state index is 13.5. The van der Waals surface area contributed by atoms with Gasteiger partial charge in [-0.05, 0) is 68.1 Å². The zero-order valence-corrected chi connectivity index (χ0v) is 24.6. The molecule has 0 spiro atoms. The van der Waals surface area contributed by atoms with Gasteiger partial charge < -0.3 is 29.0 Å². The van der Waals surface area contributed by atoms with E-state index in [9.17, 15) is 14.7 Å². The first-order valence-corrected chi connectivity index (χ1v) is 14.5. The molecule has 2 heterocycles. The van der Waals surface area contributed by atoms with Crippen LogP contribution in [0.2, 0.25) is 0 Å². The van der Waals surface area contributed by atoms with Crippen LogP contribution in [0, 0.1) is 6.92 Å². The van der Waals surface area contributed by atoms with Crippen LogP contribution >= 0.6 is 0 Å². The summed E-state index contributed by atoms with van der Waals surface area (Å²) in [4.78, 5) is 30.9. The molecule has 2 fully saturated rings. The number of Topliss-reactive ketones (excluding diaryl/α,β-unsaturated/α-hetero) is 1. The van der Waals surface area contributed by atoms with Crippen LogP contribution in [-0.2, 0) is 14.3 Å². The lowest BCUT2D eigenvalue weighted by atomic mass is 9.93. The minimum absolute atomic E-state index is 0.0651. The number of likely N-dealkylation sites (tertiary alicyclic amines) is 1. The van der Waals surface area contributed by atoms with Gasteiger partial charge >= 0.3 is 0 Å². The van der Waals surface area contributed by atoms with Crippen molar-refractivity contribution in [3.63, 3.8) is 0 Å². The van der Waals surface area contributed by atoms with Gasteiger partial charge in [0.1, 0.15) is 11.5 Å². The summed E-state index contributed by atoms with van der Waals surface area (Å²) in [6, 6.07) is 9.97. The van der Waals surface area contributed by atoms with Crippen molar-refractivity contribution in [2.75, 3.05) is 59.7 Å². The number of aliphatic hydroxyl groups excluding tert-OH is 1. The van der Waals surface area contributed by atoms with Crippen molar-refractivity contribution >= 4 is 17.4 Å². The largest absolute Gasteiger partial charge is 0.507 e. The number of hydrogen-bond acceptors (Lipinski definition) is 8. The summed E-state index contributed by atoms with van der Waals surface area (Å²) >= 11 is 0. The molecule has 1 amide bonds. The predicted molar refractivity (Wildman–Crippen MR) is 157 cm³/mol. The minimum Gasteiger partial charge on any atom is -0.507 e. The first-order valence-electron chi connectivity index (χ1n) is 14.5. The van der Waals surface area contributed by atoms with Crippen LogP contribution < -0.4 is 14.2 Å². The molecule has 1 unspecified atom stereocenters. The Morgan fingerprint density at radius 2 is 1.78 bits per heavy atom. The van der Waals surface area contributed by atoms with Crippen molar-refractivity contribution in [2.45, 2.75) is 46.1 Å². The topological polar surface area (TPSA) is 97.8 Å². The van der Waals surface area contributed by atoms with Crippen LogP contribution in [0.15, 0.2) is 42.0 Å². The van der Waals surface area contributed by atoms with Crippen molar-refractivity contribution in [3.8, 4) is 17.2 Å². The molecule has 9 nitrogen and oxygen atoms in total. The lowest BCUT2D eigenvalue weighted by Crippen LogP contribution is -2.39. The maximum absolute atomic E-state index is 13.5. The number of morpholine rings is 1. The van der Waals surface area contributed by atoms with E-state index in [-0.39, 0.29) is 11.3 Å². The van der Waals surface area contributed by atoms with E-state index in [2.05, 4.69) is 11.8 Å². The molecule has 2 aromatic carbocycles. The summed E-state index contributed by atoms with van der Waals surface area (Å²) in [7, 11) is 1.56. The minimum atomic E-state index is -0.774. The molecule has 41 heavy (non-hydrogen) atoms. The molecule has 9 heteroatoms. The molecule has 2 saturated heterocycles. The summed E-state index contributed by atoms with van der Waals surface area (Å²) in [5.74, 6) is 0.252. The number of unbranched alkanes of at least 4 members (excludes halogenated alkanes) is 1. The van der Waals surface area contributed by atoms with Crippen LogP contribution in [0.3, 0.4) is 0 Å². The number of rotatable bonds is 13. The van der Waals surface area contributed by atoms with E-state index in [0.29, 0.717) is 67.8 Å². The second-order valence-electron chi connectivity index (χ2n) is 10.3. The number of ketones is 1. The predicted octanol–water partition coefficient (Wildman–Crippen LogP) is 4.73. The molecule has 222 valence electrons. The van der Waals surface area contributed by atoms with E-state index in [1.165, 1.54) is 0 Å². The van der Waals surface area contributed by atoms with Crippen LogP contribution in [0.25, 0.3) is 5.76 Å². The molecule has 0 radical (unpaired) electrons. The van der Waals surface area contributed by atoms with Gasteiger partial charge in [0.05, 0.1) is 45.2 Å². The molecule has 1 atom stereocenters. The SMILES string of the molecule is CCCCOc1ccc(C2/C(=C(\O)c3ccc(OCC)cc3C)C(=O)C(=O)N2CCCN2CCOCC2)cc1OC. The first-order chi connectivity index (χ1) is 19.9. The Balaban J connectivity index is 1.72. The normalized spacial score (nSPS) is 19.0. The zero-order chi connectivity index (χ0) is 29.4. The van der Waals surface area contributed by atoms with Gasteiger partial charge in [-0.2, -0.15) is 0 Å². The van der Waals surface area contributed by atoms with Crippen LogP contribution in [-0.4, -0.2) is 86.3 Å². The van der Waals surface area contributed by atoms with E-state index < -0.39 is 17.7 Å². The Kier molecular flexibility index (Phi) is 10.7. The number of methoxy groups -OCH3 is 1. The molecule has 0 bridgehead atoms. The van der Waals surface area contributed by atoms with Crippen LogP contribution in [0.4, 0.5) is 0 Å². The van der Waals surface area contributed by atoms with Gasteiger partial charge in [-0.15, -0.1) is 0 Å². The Bertz CT molecular complexity index is 1250. The number of carbonyl (C=O) groups is 2. The molecule has 2 aliphatic rings. The molecule has 4 rings (SSSR count). The van der Waals surface area contributed by atoms with Gasteiger partial charge in [0.15, 0.2) is 11.5 Å². The monoisotopic (exact) mass is 566 g/mol. The first kappa shape index (κ1) is 30.4. The number of ether oxygens (including phenoxy) is 4. The highest BCUT2D eigenvalue weighted by Gasteiger charge is 2.46. The molecular weight excluding hydrogens is 524 g/mol. The summed E-state index contributed by atoms with van der Waals surface area (Å²) in [5, 5.41) is 11.6. The molecule has 2 aliphatic heterocycles. The zero-order valence-electron chi connectivity index (χ0n) is 24.6. The van der Waals surface area contributed by atoms with Crippen LogP contribution in [0.5, 0.6) is 17.2 Å². The number of nitrogens with zero attached hydrogens (tertiary/aromatic N) is 2. The number of amides is 1. The summed E-state index contributed by atoms with van der Waals surface area (Å²) < 4.78 is 22.6. The summed E-state index contributed by atoms with van der Waals surface area (Å²) in [6.07, 6.45) is 2.60. The molecule has 0 saturated carbocycles. The standard InChI is InChI=1S/C32H42N2O7/c1-5-7-17-41-26-12-9-23(21-27(26)38-4)29-28(30(35)25-11-10-24(40-6-2)20-22(25)3)31(36)32(37)34(29)14-8-13-33-15-18-39-19-16-33/h9-12,20-21,29,35H,5-8,13-19H2,1-4H3/b30-28+. The van der Waals surface area contributed by atoms with E-state index in [4.69, 9.17) is 18.9 Å². The van der Waals surface area contributed by atoms with E-state index in [1.807, 2.05) is 26.0 Å². The number of hydrogen-bond donors (Lipinski definition) is 1. The van der Waals surface area contributed by atoms with Gasteiger partial charge in [-0.3, -0.25) is 14.5 Å². The third-order valence-corrected chi connectivity index (χ3v) is 7.54. The van der Waals surface area contributed by atoms with Crippen molar-refractivity contribution in [2.24, 2.45) is 0 Å². The molecule has 2 aromatic rings. The number of aryl methyl sites for hydroxylation is 1. The fourth-order valence-corrected chi connectivity index (χ4v) is 5.35. The van der Waals surface area contributed by atoms with E-state index in [1.54, 1.807) is 36.3 Å². The second kappa shape index (κ2) is 14.4.